The van der Waals surface area contributed by atoms with Crippen molar-refractivity contribution < 1.29 is 0 Å². The quantitative estimate of drug-likeness (QED) is 0.423. The zero-order valence-electron chi connectivity index (χ0n) is 7.68. The average Bonchev–Trinajstić information content (AvgIpc) is 2.07. The van der Waals surface area contributed by atoms with Gasteiger partial charge in [0.15, 0.2) is 0 Å². The maximum atomic E-state index is 2.36. The smallest absolute Gasteiger partial charge is 0.0322 e. The molecule has 0 amide bonds. The van der Waals surface area contributed by atoms with Crippen LogP contribution >= 0.6 is 0 Å². The van der Waals surface area contributed by atoms with Crippen LogP contribution in [-0.2, 0) is 0 Å². The lowest BCUT2D eigenvalue weighted by Crippen LogP contribution is -2.01. The molecular weight excluding hydrogens is 132 g/mol. The van der Waals surface area contributed by atoms with Gasteiger partial charge in [-0.25, -0.2) is 0 Å². The monoisotopic (exact) mass is 152 g/mol. The van der Waals surface area contributed by atoms with Crippen molar-refractivity contribution in [3.05, 3.63) is 12.2 Å². The molecule has 0 radical (unpaired) electrons. The van der Waals surface area contributed by atoms with Gasteiger partial charge in [0.25, 0.3) is 0 Å². The number of rotatable bonds is 4. The fraction of sp³-hybridized carbons (Fsp3) is 0.818. The normalized spacial score (nSPS) is 23.9. The van der Waals surface area contributed by atoms with E-state index in [9.17, 15) is 0 Å². The van der Waals surface area contributed by atoms with E-state index < -0.39 is 0 Å². The van der Waals surface area contributed by atoms with Gasteiger partial charge in [0.2, 0.25) is 0 Å². The molecule has 0 heteroatoms. The lowest BCUT2D eigenvalue weighted by Gasteiger charge is -2.16. The summed E-state index contributed by atoms with van der Waals surface area (Å²) >= 11 is 0. The minimum atomic E-state index is 1.02. The van der Waals surface area contributed by atoms with Crippen LogP contribution in [0.1, 0.15) is 51.9 Å². The molecule has 0 N–H and O–H groups in total. The fourth-order valence-electron chi connectivity index (χ4n) is 1.80. The Bertz CT molecular complexity index is 113. The molecule has 0 aromatic heterocycles. The number of unbranched alkanes of at least 4 members (excludes halogenated alkanes) is 2. The molecule has 0 aromatic carbocycles. The van der Waals surface area contributed by atoms with Gasteiger partial charge in [0, 0.05) is 0 Å². The van der Waals surface area contributed by atoms with Crippen molar-refractivity contribution in [2.75, 3.05) is 0 Å². The van der Waals surface area contributed by atoms with Gasteiger partial charge in [-0.05, 0) is 25.2 Å². The summed E-state index contributed by atoms with van der Waals surface area (Å²) in [6, 6.07) is 0. The first-order valence-corrected chi connectivity index (χ1v) is 5.08. The average molecular weight is 152 g/mol. The molecule has 11 heavy (non-hydrogen) atoms. The lowest BCUT2D eigenvalue weighted by molar-refractivity contribution is 0.424. The summed E-state index contributed by atoms with van der Waals surface area (Å²) in [5.41, 5.74) is 0. The molecule has 0 heterocycles. The Morgan fingerprint density at radius 3 is 2.82 bits per heavy atom. The first-order chi connectivity index (χ1) is 5.43. The predicted molar refractivity (Wildman–Crippen MR) is 50.6 cm³/mol. The van der Waals surface area contributed by atoms with Gasteiger partial charge in [0.05, 0.1) is 0 Å². The van der Waals surface area contributed by atoms with Crippen LogP contribution in [0.15, 0.2) is 12.2 Å². The molecule has 0 aliphatic heterocycles. The van der Waals surface area contributed by atoms with Gasteiger partial charge in [0.1, 0.15) is 0 Å². The maximum Gasteiger partial charge on any atom is -0.0322 e. The number of hydrogen-bond donors (Lipinski definition) is 0. The fourth-order valence-corrected chi connectivity index (χ4v) is 1.80. The van der Waals surface area contributed by atoms with Crippen LogP contribution in [-0.4, -0.2) is 0 Å². The molecule has 0 bridgehead atoms. The molecule has 64 valence electrons. The van der Waals surface area contributed by atoms with Crippen molar-refractivity contribution in [3.63, 3.8) is 0 Å². The van der Waals surface area contributed by atoms with E-state index in [1.807, 2.05) is 0 Å². The van der Waals surface area contributed by atoms with Gasteiger partial charge < -0.3 is 0 Å². The number of allylic oxidation sites excluding steroid dienone is 2. The third-order valence-corrected chi connectivity index (χ3v) is 2.59. The van der Waals surface area contributed by atoms with Gasteiger partial charge in [-0.15, -0.1) is 0 Å². The van der Waals surface area contributed by atoms with E-state index in [1.165, 1.54) is 44.9 Å². The van der Waals surface area contributed by atoms with Gasteiger partial charge in [-0.1, -0.05) is 44.8 Å². The second-order valence-corrected chi connectivity index (χ2v) is 3.65. The highest BCUT2D eigenvalue weighted by molar-refractivity contribution is 4.89. The summed E-state index contributed by atoms with van der Waals surface area (Å²) in [7, 11) is 0. The topological polar surface area (TPSA) is 0 Å². The molecular formula is C11H20. The second kappa shape index (κ2) is 5.40. The first-order valence-electron chi connectivity index (χ1n) is 5.08. The summed E-state index contributed by atoms with van der Waals surface area (Å²) < 4.78 is 0. The van der Waals surface area contributed by atoms with E-state index in [0.29, 0.717) is 0 Å². The highest BCUT2D eigenvalue weighted by Gasteiger charge is 2.08. The summed E-state index contributed by atoms with van der Waals surface area (Å²) in [4.78, 5) is 0. The minimum Gasteiger partial charge on any atom is -0.0885 e. The van der Waals surface area contributed by atoms with Crippen LogP contribution in [0.25, 0.3) is 0 Å². The van der Waals surface area contributed by atoms with Gasteiger partial charge >= 0.3 is 0 Å². The summed E-state index contributed by atoms with van der Waals surface area (Å²) in [6.07, 6.45) is 14.5. The third kappa shape index (κ3) is 3.60. The molecule has 0 fully saturated rings. The van der Waals surface area contributed by atoms with E-state index >= 15 is 0 Å². The molecule has 0 spiro atoms. The lowest BCUT2D eigenvalue weighted by atomic mass is 9.90. The summed E-state index contributed by atoms with van der Waals surface area (Å²) in [5.74, 6) is 1.02. The Kier molecular flexibility index (Phi) is 4.33. The van der Waals surface area contributed by atoms with Crippen LogP contribution in [0.4, 0.5) is 0 Å². The Labute approximate surface area is 70.7 Å². The second-order valence-electron chi connectivity index (χ2n) is 3.65. The van der Waals surface area contributed by atoms with E-state index in [4.69, 9.17) is 0 Å². The molecule has 1 atom stereocenters. The van der Waals surface area contributed by atoms with Crippen LogP contribution in [0.5, 0.6) is 0 Å². The first kappa shape index (κ1) is 8.83. The van der Waals surface area contributed by atoms with E-state index in [1.54, 1.807) is 0 Å². The highest BCUT2D eigenvalue weighted by Crippen LogP contribution is 2.23. The zero-order valence-corrected chi connectivity index (χ0v) is 7.68. The molecule has 0 saturated heterocycles. The molecule has 1 aliphatic rings. The SMILES string of the molecule is CCCCCC1CC=CCC1. The molecule has 0 saturated carbocycles. The summed E-state index contributed by atoms with van der Waals surface area (Å²) in [5, 5.41) is 0. The Hall–Kier alpha value is -0.260. The Balaban J connectivity index is 2.02. The minimum absolute atomic E-state index is 1.02. The standard InChI is InChI=1S/C11H20/c1-2-3-5-8-11-9-6-4-7-10-11/h4,6,11H,2-3,5,7-10H2,1H3. The molecule has 0 nitrogen and oxygen atoms in total. The van der Waals surface area contributed by atoms with E-state index in [-0.39, 0.29) is 0 Å². The third-order valence-electron chi connectivity index (χ3n) is 2.59. The van der Waals surface area contributed by atoms with Crippen molar-refractivity contribution in [2.24, 2.45) is 5.92 Å². The van der Waals surface area contributed by atoms with Crippen molar-refractivity contribution in [3.8, 4) is 0 Å². The Morgan fingerprint density at radius 1 is 1.27 bits per heavy atom. The van der Waals surface area contributed by atoms with E-state index in [0.717, 1.165) is 5.92 Å². The largest absolute Gasteiger partial charge is 0.0885 e. The zero-order chi connectivity index (χ0) is 7.94. The summed E-state index contributed by atoms with van der Waals surface area (Å²) in [6.45, 7) is 2.28. The van der Waals surface area contributed by atoms with Gasteiger partial charge in [-0.3, -0.25) is 0 Å². The van der Waals surface area contributed by atoms with Crippen LogP contribution in [0.3, 0.4) is 0 Å². The van der Waals surface area contributed by atoms with Gasteiger partial charge in [-0.2, -0.15) is 0 Å². The molecule has 0 aromatic rings. The van der Waals surface area contributed by atoms with Crippen molar-refractivity contribution in [1.82, 2.24) is 0 Å². The molecule has 1 unspecified atom stereocenters. The van der Waals surface area contributed by atoms with Crippen molar-refractivity contribution in [2.45, 2.75) is 51.9 Å². The van der Waals surface area contributed by atoms with Crippen LogP contribution in [0.2, 0.25) is 0 Å². The van der Waals surface area contributed by atoms with Crippen LogP contribution in [0, 0.1) is 5.92 Å². The van der Waals surface area contributed by atoms with Crippen molar-refractivity contribution >= 4 is 0 Å². The van der Waals surface area contributed by atoms with Crippen LogP contribution < -0.4 is 0 Å². The predicted octanol–water partition coefficient (Wildman–Crippen LogP) is 3.92. The van der Waals surface area contributed by atoms with E-state index in [2.05, 4.69) is 19.1 Å². The molecule has 1 rings (SSSR count). The molecule has 1 aliphatic carbocycles. The number of hydrogen-bond acceptors (Lipinski definition) is 0. The maximum absolute atomic E-state index is 2.36. The Morgan fingerprint density at radius 2 is 2.18 bits per heavy atom. The highest BCUT2D eigenvalue weighted by atomic mass is 14.1. The van der Waals surface area contributed by atoms with Crippen molar-refractivity contribution in [1.29, 1.82) is 0 Å².